The maximum Gasteiger partial charge on any atom is 0.191 e. The Morgan fingerprint density at radius 3 is 2.78 bits per heavy atom. The van der Waals surface area contributed by atoms with Crippen molar-refractivity contribution in [3.63, 3.8) is 0 Å². The van der Waals surface area contributed by atoms with Gasteiger partial charge in [0.25, 0.3) is 0 Å². The van der Waals surface area contributed by atoms with Gasteiger partial charge in [0.2, 0.25) is 0 Å². The average Bonchev–Trinajstić information content (AvgIpc) is 3.21. The molecule has 6 heteroatoms. The van der Waals surface area contributed by atoms with Crippen LogP contribution in [-0.4, -0.2) is 40.5 Å². The Bertz CT molecular complexity index is 678. The molecule has 6 nitrogen and oxygen atoms in total. The van der Waals surface area contributed by atoms with Gasteiger partial charge in [0.05, 0.1) is 11.7 Å². The van der Waals surface area contributed by atoms with Gasteiger partial charge in [-0.25, -0.2) is 4.68 Å². The summed E-state index contributed by atoms with van der Waals surface area (Å²) in [7, 11) is 0. The SMILES string of the molecule is CCCC(CCO)CN=C(NCC)NC(C)c1cccc(-n2cccn2)c1. The molecule has 0 amide bonds. The smallest absolute Gasteiger partial charge is 0.191 e. The molecule has 3 N–H and O–H groups in total. The maximum absolute atomic E-state index is 9.24. The summed E-state index contributed by atoms with van der Waals surface area (Å²) in [5.41, 5.74) is 2.22. The summed E-state index contributed by atoms with van der Waals surface area (Å²) in [6.45, 7) is 8.13. The Hall–Kier alpha value is -2.34. The number of aliphatic hydroxyl groups excluding tert-OH is 1. The highest BCUT2D eigenvalue weighted by atomic mass is 16.3. The third-order valence-electron chi connectivity index (χ3n) is 4.58. The first-order valence-electron chi connectivity index (χ1n) is 9.93. The lowest BCUT2D eigenvalue weighted by molar-refractivity contribution is 0.253. The second-order valence-corrected chi connectivity index (χ2v) is 6.80. The zero-order valence-corrected chi connectivity index (χ0v) is 16.7. The van der Waals surface area contributed by atoms with Crippen molar-refractivity contribution in [2.45, 2.75) is 46.1 Å². The molecule has 0 aliphatic heterocycles. The molecule has 2 rings (SSSR count). The number of nitrogens with zero attached hydrogens (tertiary/aromatic N) is 3. The molecule has 0 fully saturated rings. The first kappa shape index (κ1) is 21.0. The Morgan fingerprint density at radius 1 is 1.26 bits per heavy atom. The molecule has 1 aromatic heterocycles. The topological polar surface area (TPSA) is 74.5 Å². The van der Waals surface area contributed by atoms with E-state index >= 15 is 0 Å². The number of rotatable bonds is 10. The molecule has 2 atom stereocenters. The fraction of sp³-hybridized carbons (Fsp3) is 0.524. The molecule has 148 valence electrons. The Labute approximate surface area is 162 Å². The van der Waals surface area contributed by atoms with Crippen LogP contribution in [0.4, 0.5) is 0 Å². The van der Waals surface area contributed by atoms with Crippen LogP contribution in [0.1, 0.15) is 51.6 Å². The van der Waals surface area contributed by atoms with Gasteiger partial charge in [-0.1, -0.05) is 25.5 Å². The van der Waals surface area contributed by atoms with Gasteiger partial charge in [0, 0.05) is 32.1 Å². The summed E-state index contributed by atoms with van der Waals surface area (Å²) in [5, 5.41) is 20.4. The Kier molecular flexibility index (Phi) is 8.84. The summed E-state index contributed by atoms with van der Waals surface area (Å²) in [5.74, 6) is 1.24. The van der Waals surface area contributed by atoms with Crippen LogP contribution in [0.3, 0.4) is 0 Å². The van der Waals surface area contributed by atoms with Gasteiger partial charge in [-0.2, -0.15) is 5.10 Å². The Morgan fingerprint density at radius 2 is 2.11 bits per heavy atom. The summed E-state index contributed by atoms with van der Waals surface area (Å²) in [6.07, 6.45) is 6.73. The van der Waals surface area contributed by atoms with E-state index < -0.39 is 0 Å². The van der Waals surface area contributed by atoms with Crippen LogP contribution >= 0.6 is 0 Å². The van der Waals surface area contributed by atoms with Crippen molar-refractivity contribution in [1.29, 1.82) is 0 Å². The van der Waals surface area contributed by atoms with Gasteiger partial charge < -0.3 is 15.7 Å². The zero-order valence-electron chi connectivity index (χ0n) is 16.7. The summed E-state index contributed by atoms with van der Waals surface area (Å²) >= 11 is 0. The number of guanidine groups is 1. The van der Waals surface area contributed by atoms with E-state index in [1.54, 1.807) is 6.20 Å². The van der Waals surface area contributed by atoms with E-state index in [2.05, 4.69) is 48.6 Å². The third kappa shape index (κ3) is 6.71. The van der Waals surface area contributed by atoms with E-state index in [4.69, 9.17) is 4.99 Å². The molecule has 0 saturated carbocycles. The van der Waals surface area contributed by atoms with Crippen molar-refractivity contribution >= 4 is 5.96 Å². The molecule has 0 aliphatic carbocycles. The number of nitrogens with one attached hydrogen (secondary N) is 2. The lowest BCUT2D eigenvalue weighted by Gasteiger charge is -2.20. The summed E-state index contributed by atoms with van der Waals surface area (Å²) < 4.78 is 1.86. The number of aliphatic hydroxyl groups is 1. The van der Waals surface area contributed by atoms with Crippen LogP contribution in [0.15, 0.2) is 47.7 Å². The van der Waals surface area contributed by atoms with Crippen molar-refractivity contribution in [3.8, 4) is 5.69 Å². The van der Waals surface area contributed by atoms with E-state index in [-0.39, 0.29) is 12.6 Å². The molecule has 0 bridgehead atoms. The standard InChI is InChI=1S/C21H33N5O/c1-4-8-18(11-14-27)16-23-21(22-5-2)25-17(3)19-9-6-10-20(15-19)26-13-7-12-24-26/h6-7,9-10,12-13,15,17-18,27H,4-5,8,11,14,16H2,1-3H3,(H2,22,23,25). The van der Waals surface area contributed by atoms with E-state index in [0.717, 1.165) is 44.0 Å². The number of hydrogen-bond donors (Lipinski definition) is 3. The molecular weight excluding hydrogens is 338 g/mol. The lowest BCUT2D eigenvalue weighted by atomic mass is 10.0. The van der Waals surface area contributed by atoms with Gasteiger partial charge in [-0.05, 0) is 56.4 Å². The predicted molar refractivity (Wildman–Crippen MR) is 111 cm³/mol. The first-order valence-corrected chi connectivity index (χ1v) is 9.93. The average molecular weight is 372 g/mol. The lowest BCUT2D eigenvalue weighted by Crippen LogP contribution is -2.39. The third-order valence-corrected chi connectivity index (χ3v) is 4.58. The summed E-state index contributed by atoms with van der Waals surface area (Å²) in [4.78, 5) is 4.75. The minimum absolute atomic E-state index is 0.112. The molecule has 0 aliphatic rings. The number of aliphatic imine (C=N–C) groups is 1. The molecule has 2 unspecified atom stereocenters. The Balaban J connectivity index is 2.06. The minimum Gasteiger partial charge on any atom is -0.396 e. The number of benzene rings is 1. The van der Waals surface area contributed by atoms with Crippen LogP contribution < -0.4 is 10.6 Å². The fourth-order valence-electron chi connectivity index (χ4n) is 3.10. The van der Waals surface area contributed by atoms with E-state index in [1.165, 1.54) is 5.56 Å². The van der Waals surface area contributed by atoms with Crippen LogP contribution in [0.2, 0.25) is 0 Å². The van der Waals surface area contributed by atoms with E-state index in [0.29, 0.717) is 5.92 Å². The second-order valence-electron chi connectivity index (χ2n) is 6.80. The molecule has 1 heterocycles. The normalized spacial score (nSPS) is 14.0. The van der Waals surface area contributed by atoms with E-state index in [1.807, 2.05) is 29.1 Å². The monoisotopic (exact) mass is 371 g/mol. The first-order chi connectivity index (χ1) is 13.2. The van der Waals surface area contributed by atoms with E-state index in [9.17, 15) is 5.11 Å². The minimum atomic E-state index is 0.112. The second kappa shape index (κ2) is 11.4. The maximum atomic E-state index is 9.24. The zero-order chi connectivity index (χ0) is 19.5. The molecule has 0 radical (unpaired) electrons. The van der Waals surface area contributed by atoms with Gasteiger partial charge in [-0.3, -0.25) is 4.99 Å². The van der Waals surface area contributed by atoms with Crippen LogP contribution in [0.25, 0.3) is 5.69 Å². The van der Waals surface area contributed by atoms with Crippen LogP contribution in [0, 0.1) is 5.92 Å². The highest BCUT2D eigenvalue weighted by molar-refractivity contribution is 5.80. The van der Waals surface area contributed by atoms with Crippen molar-refractivity contribution in [2.24, 2.45) is 10.9 Å². The summed E-state index contributed by atoms with van der Waals surface area (Å²) in [6, 6.07) is 10.4. The van der Waals surface area contributed by atoms with Crippen molar-refractivity contribution in [3.05, 3.63) is 48.3 Å². The van der Waals surface area contributed by atoms with Crippen molar-refractivity contribution in [1.82, 2.24) is 20.4 Å². The van der Waals surface area contributed by atoms with Gasteiger partial charge >= 0.3 is 0 Å². The molecule has 0 spiro atoms. The van der Waals surface area contributed by atoms with Gasteiger partial charge in [0.15, 0.2) is 5.96 Å². The van der Waals surface area contributed by atoms with Crippen molar-refractivity contribution < 1.29 is 5.11 Å². The molecule has 2 aromatic rings. The number of hydrogen-bond acceptors (Lipinski definition) is 3. The quantitative estimate of drug-likeness (QED) is 0.443. The molecule has 0 saturated heterocycles. The largest absolute Gasteiger partial charge is 0.396 e. The highest BCUT2D eigenvalue weighted by Gasteiger charge is 2.11. The molecule has 27 heavy (non-hydrogen) atoms. The van der Waals surface area contributed by atoms with Gasteiger partial charge in [-0.15, -0.1) is 0 Å². The molecular formula is C21H33N5O. The van der Waals surface area contributed by atoms with Crippen LogP contribution in [-0.2, 0) is 0 Å². The van der Waals surface area contributed by atoms with Crippen molar-refractivity contribution in [2.75, 3.05) is 19.7 Å². The predicted octanol–water partition coefficient (Wildman–Crippen LogP) is 3.29. The van der Waals surface area contributed by atoms with Gasteiger partial charge in [0.1, 0.15) is 0 Å². The highest BCUT2D eigenvalue weighted by Crippen LogP contribution is 2.17. The molecule has 1 aromatic carbocycles. The fourth-order valence-corrected chi connectivity index (χ4v) is 3.10. The number of aromatic nitrogens is 2. The van der Waals surface area contributed by atoms with Crippen LogP contribution in [0.5, 0.6) is 0 Å².